The summed E-state index contributed by atoms with van der Waals surface area (Å²) in [6, 6.07) is 0. The smallest absolute Gasteiger partial charge is 0.358 e. The van der Waals surface area contributed by atoms with Crippen LogP contribution < -0.4 is 16.4 Å². The number of nitrogens with one attached hydrogen (secondary N) is 2. The van der Waals surface area contributed by atoms with Gasteiger partial charge in [0, 0.05) is 13.2 Å². The van der Waals surface area contributed by atoms with Crippen LogP contribution in [0.25, 0.3) is 0 Å². The Hall–Kier alpha value is -2.10. The van der Waals surface area contributed by atoms with Crippen molar-refractivity contribution in [2.75, 3.05) is 12.4 Å². The van der Waals surface area contributed by atoms with E-state index in [0.717, 1.165) is 10.9 Å². The van der Waals surface area contributed by atoms with Crippen molar-refractivity contribution >= 4 is 17.5 Å². The van der Waals surface area contributed by atoms with Crippen molar-refractivity contribution in [2.24, 2.45) is 5.73 Å². The minimum absolute atomic E-state index is 0.0137. The van der Waals surface area contributed by atoms with Gasteiger partial charge in [0.25, 0.3) is 5.91 Å². The molecule has 0 radical (unpaired) electrons. The molecule has 4 N–H and O–H groups in total. The van der Waals surface area contributed by atoms with Crippen molar-refractivity contribution in [1.29, 1.82) is 0 Å². The lowest BCUT2D eigenvalue weighted by molar-refractivity contribution is -0.184. The van der Waals surface area contributed by atoms with Gasteiger partial charge in [0.1, 0.15) is 6.54 Å². The summed E-state index contributed by atoms with van der Waals surface area (Å²) in [6.45, 7) is 0.447. The second-order valence-corrected chi connectivity index (χ2v) is 4.25. The van der Waals surface area contributed by atoms with Gasteiger partial charge in [0.2, 0.25) is 5.91 Å². The topological polar surface area (TPSA) is 102 Å². The Kier molecular flexibility index (Phi) is 4.38. The zero-order valence-electron chi connectivity index (χ0n) is 10.8. The number of hydrogen-bond acceptors (Lipinski definition) is 4. The molecule has 20 heavy (non-hydrogen) atoms. The van der Waals surface area contributed by atoms with E-state index in [1.807, 2.05) is 5.32 Å². The Bertz CT molecular complexity index is 509. The summed E-state index contributed by atoms with van der Waals surface area (Å²) in [5, 5.41) is 8.07. The molecule has 0 spiro atoms. The maximum absolute atomic E-state index is 12.5. The molecule has 0 bridgehead atoms. The molecule has 1 aromatic rings. The van der Waals surface area contributed by atoms with E-state index < -0.39 is 17.6 Å². The molecule has 7 nitrogen and oxygen atoms in total. The van der Waals surface area contributed by atoms with Crippen LogP contribution >= 0.6 is 0 Å². The lowest BCUT2D eigenvalue weighted by Crippen LogP contribution is -2.59. The molecule has 0 saturated carbocycles. The fourth-order valence-electron chi connectivity index (χ4n) is 1.13. The normalized spacial score (nSPS) is 14.5. The molecular weight excluding hydrogens is 279 g/mol. The number of aromatic nitrogens is 2. The Morgan fingerprint density at radius 1 is 1.45 bits per heavy atom. The number of amides is 2. The predicted molar refractivity (Wildman–Crippen MR) is 63.6 cm³/mol. The monoisotopic (exact) mass is 293 g/mol. The number of anilines is 1. The number of nitrogens with two attached hydrogens (primary N) is 1. The largest absolute Gasteiger partial charge is 0.415 e. The van der Waals surface area contributed by atoms with E-state index in [4.69, 9.17) is 5.73 Å². The maximum atomic E-state index is 12.5. The van der Waals surface area contributed by atoms with Gasteiger partial charge in [-0.1, -0.05) is 0 Å². The number of alkyl halides is 3. The van der Waals surface area contributed by atoms with Gasteiger partial charge < -0.3 is 16.4 Å². The molecule has 1 rings (SSSR count). The first-order valence-corrected chi connectivity index (χ1v) is 5.48. The highest BCUT2D eigenvalue weighted by Gasteiger charge is 2.54. The summed E-state index contributed by atoms with van der Waals surface area (Å²) < 4.78 is 38.8. The molecule has 0 fully saturated rings. The van der Waals surface area contributed by atoms with Crippen LogP contribution in [0.5, 0.6) is 0 Å². The number of hydrogen-bond donors (Lipinski definition) is 3. The van der Waals surface area contributed by atoms with Gasteiger partial charge in [0.05, 0.1) is 11.9 Å². The van der Waals surface area contributed by atoms with Crippen LogP contribution in [0.2, 0.25) is 0 Å². The first kappa shape index (κ1) is 16.0. The highest BCUT2D eigenvalue weighted by atomic mass is 19.4. The number of nitrogens with zero attached hydrogens (tertiary/aromatic N) is 2. The highest BCUT2D eigenvalue weighted by molar-refractivity contribution is 5.98. The summed E-state index contributed by atoms with van der Waals surface area (Å²) in [5.74, 6) is -1.76. The van der Waals surface area contributed by atoms with E-state index in [-0.39, 0.29) is 18.1 Å². The molecule has 0 aliphatic heterocycles. The van der Waals surface area contributed by atoms with Crippen LogP contribution in [0, 0.1) is 0 Å². The van der Waals surface area contributed by atoms with Gasteiger partial charge in [-0.15, -0.1) is 0 Å². The molecule has 0 aliphatic carbocycles. The van der Waals surface area contributed by atoms with Crippen LogP contribution in [0.4, 0.5) is 18.9 Å². The third-order valence-corrected chi connectivity index (χ3v) is 2.54. The third-order valence-electron chi connectivity index (χ3n) is 2.54. The van der Waals surface area contributed by atoms with E-state index in [0.29, 0.717) is 6.92 Å². The second kappa shape index (κ2) is 5.49. The maximum Gasteiger partial charge on any atom is 0.415 e. The molecule has 1 heterocycles. The average Bonchev–Trinajstić information content (AvgIpc) is 2.74. The quantitative estimate of drug-likeness (QED) is 0.718. The van der Waals surface area contributed by atoms with Crippen LogP contribution in [-0.4, -0.2) is 40.4 Å². The lowest BCUT2D eigenvalue weighted by Gasteiger charge is -2.25. The van der Waals surface area contributed by atoms with E-state index >= 15 is 0 Å². The standard InChI is InChI=1S/C10H14F3N5O2/c1-9(14,10(11,12)13)8(20)17-6-3-16-18(4-6)5-7(19)15-2/h3-4H,5,14H2,1-2H3,(H,15,19)(H,17,20). The fourth-order valence-corrected chi connectivity index (χ4v) is 1.13. The fraction of sp³-hybridized carbons (Fsp3) is 0.500. The SMILES string of the molecule is CNC(=O)Cn1cc(NC(=O)C(C)(N)C(F)(F)F)cn1. The molecule has 0 aromatic carbocycles. The van der Waals surface area contributed by atoms with Crippen molar-refractivity contribution in [3.8, 4) is 0 Å². The zero-order chi connectivity index (χ0) is 15.6. The molecule has 0 saturated heterocycles. The molecule has 1 unspecified atom stereocenters. The van der Waals surface area contributed by atoms with Crippen LogP contribution in [0.1, 0.15) is 6.92 Å². The van der Waals surface area contributed by atoms with Crippen molar-refractivity contribution < 1.29 is 22.8 Å². The van der Waals surface area contributed by atoms with E-state index in [9.17, 15) is 22.8 Å². The number of halogens is 3. The molecule has 1 aromatic heterocycles. The number of carbonyl (C=O) groups is 2. The molecule has 112 valence electrons. The van der Waals surface area contributed by atoms with Gasteiger partial charge in [-0.2, -0.15) is 18.3 Å². The summed E-state index contributed by atoms with van der Waals surface area (Å²) in [4.78, 5) is 22.6. The molecule has 2 amide bonds. The number of likely N-dealkylation sites (N-methyl/N-ethyl adjacent to an activating group) is 1. The molecule has 0 aliphatic rings. The van der Waals surface area contributed by atoms with Gasteiger partial charge in [-0.05, 0) is 6.92 Å². The van der Waals surface area contributed by atoms with Crippen molar-refractivity contribution in [2.45, 2.75) is 25.2 Å². The van der Waals surface area contributed by atoms with E-state index in [1.54, 1.807) is 0 Å². The number of carbonyl (C=O) groups excluding carboxylic acids is 2. The molecular formula is C10H14F3N5O2. The number of rotatable bonds is 4. The minimum atomic E-state index is -4.88. The van der Waals surface area contributed by atoms with Gasteiger partial charge in [0.15, 0.2) is 5.54 Å². The summed E-state index contributed by atoms with van der Waals surface area (Å²) in [7, 11) is 1.43. The lowest BCUT2D eigenvalue weighted by atomic mass is 10.0. The summed E-state index contributed by atoms with van der Waals surface area (Å²) in [5.41, 5.74) is 1.96. The Morgan fingerprint density at radius 3 is 2.55 bits per heavy atom. The Balaban J connectivity index is 2.75. The highest BCUT2D eigenvalue weighted by Crippen LogP contribution is 2.28. The van der Waals surface area contributed by atoms with Crippen LogP contribution in [0.15, 0.2) is 12.4 Å². The summed E-state index contributed by atoms with van der Waals surface area (Å²) in [6.07, 6.45) is -2.54. The third kappa shape index (κ3) is 3.47. The van der Waals surface area contributed by atoms with E-state index in [1.165, 1.54) is 13.2 Å². The Labute approximate surface area is 112 Å². The molecule has 10 heteroatoms. The second-order valence-electron chi connectivity index (χ2n) is 4.25. The molecule has 1 atom stereocenters. The van der Waals surface area contributed by atoms with Crippen molar-refractivity contribution in [3.63, 3.8) is 0 Å². The average molecular weight is 293 g/mol. The van der Waals surface area contributed by atoms with Gasteiger partial charge in [-0.3, -0.25) is 14.3 Å². The predicted octanol–water partition coefficient (Wildman–Crippen LogP) is -0.153. The van der Waals surface area contributed by atoms with Gasteiger partial charge >= 0.3 is 6.18 Å². The van der Waals surface area contributed by atoms with Gasteiger partial charge in [-0.25, -0.2) is 0 Å². The van der Waals surface area contributed by atoms with Crippen molar-refractivity contribution in [1.82, 2.24) is 15.1 Å². The van der Waals surface area contributed by atoms with E-state index in [2.05, 4.69) is 10.4 Å². The summed E-state index contributed by atoms with van der Waals surface area (Å²) >= 11 is 0. The Morgan fingerprint density at radius 2 is 2.05 bits per heavy atom. The first-order valence-electron chi connectivity index (χ1n) is 5.48. The zero-order valence-corrected chi connectivity index (χ0v) is 10.8. The minimum Gasteiger partial charge on any atom is -0.358 e. The van der Waals surface area contributed by atoms with Crippen molar-refractivity contribution in [3.05, 3.63) is 12.4 Å². The van der Waals surface area contributed by atoms with Crippen LogP contribution in [0.3, 0.4) is 0 Å². The first-order chi connectivity index (χ1) is 9.07. The van der Waals surface area contributed by atoms with Crippen LogP contribution in [-0.2, 0) is 16.1 Å².